The molecule has 7 nitrogen and oxygen atoms in total. The molecule has 0 aromatic heterocycles. The highest BCUT2D eigenvalue weighted by molar-refractivity contribution is 5.65. The van der Waals surface area contributed by atoms with Crippen LogP contribution < -0.4 is 5.32 Å². The molecule has 0 fully saturated rings. The Kier molecular flexibility index (Phi) is 4.36. The van der Waals surface area contributed by atoms with Crippen LogP contribution in [0.1, 0.15) is 13.8 Å². The molecule has 18 heavy (non-hydrogen) atoms. The van der Waals surface area contributed by atoms with E-state index in [4.69, 9.17) is 0 Å². The van der Waals surface area contributed by atoms with Crippen molar-refractivity contribution in [2.24, 2.45) is 0 Å². The zero-order valence-electron chi connectivity index (χ0n) is 10.0. The molecule has 96 valence electrons. The first kappa shape index (κ1) is 13.6. The fraction of sp³-hybridized carbons (Fsp3) is 0.273. The van der Waals surface area contributed by atoms with Crippen molar-refractivity contribution in [3.8, 4) is 0 Å². The lowest BCUT2D eigenvalue weighted by Gasteiger charge is -2.04. The molecule has 1 aromatic carbocycles. The molecule has 1 rings (SSSR count). The predicted molar refractivity (Wildman–Crippen MR) is 67.7 cm³/mol. The second kappa shape index (κ2) is 5.76. The molecule has 0 aliphatic heterocycles. The van der Waals surface area contributed by atoms with Gasteiger partial charge in [-0.2, -0.15) is 0 Å². The summed E-state index contributed by atoms with van der Waals surface area (Å²) in [5, 5.41) is 24.2. The Labute approximate surface area is 103 Å². The number of nitro groups is 2. The van der Waals surface area contributed by atoms with Gasteiger partial charge in [-0.15, -0.1) is 0 Å². The third-order valence-corrected chi connectivity index (χ3v) is 2.19. The number of non-ortho nitro benzene ring substituents is 1. The lowest BCUT2D eigenvalue weighted by molar-refractivity contribution is -0.393. The van der Waals surface area contributed by atoms with Gasteiger partial charge in [-0.25, -0.2) is 0 Å². The van der Waals surface area contributed by atoms with Crippen molar-refractivity contribution >= 4 is 17.1 Å². The van der Waals surface area contributed by atoms with Crippen LogP contribution in [-0.4, -0.2) is 16.4 Å². The number of rotatable bonds is 5. The number of hydrogen-bond donors (Lipinski definition) is 1. The van der Waals surface area contributed by atoms with Gasteiger partial charge in [0.25, 0.3) is 11.4 Å². The fourth-order valence-corrected chi connectivity index (χ4v) is 1.30. The molecular formula is C11H13N3O4. The first-order chi connectivity index (χ1) is 8.41. The van der Waals surface area contributed by atoms with Gasteiger partial charge < -0.3 is 5.32 Å². The zero-order chi connectivity index (χ0) is 13.7. The van der Waals surface area contributed by atoms with Gasteiger partial charge in [0, 0.05) is 12.6 Å². The molecule has 0 bridgehead atoms. The SMILES string of the molecule is CC(C)=CCNc1ccc([N+](=O)[O-])cc1[N+](=O)[O-]. The third kappa shape index (κ3) is 3.55. The van der Waals surface area contributed by atoms with Crippen molar-refractivity contribution < 1.29 is 9.85 Å². The van der Waals surface area contributed by atoms with Crippen LogP contribution in [0.15, 0.2) is 29.8 Å². The van der Waals surface area contributed by atoms with E-state index in [1.807, 2.05) is 19.9 Å². The number of allylic oxidation sites excluding steroid dienone is 1. The highest BCUT2D eigenvalue weighted by atomic mass is 16.6. The number of nitrogens with zero attached hydrogens (tertiary/aromatic N) is 2. The second-order valence-corrected chi connectivity index (χ2v) is 3.88. The Hall–Kier alpha value is -2.44. The molecule has 0 saturated heterocycles. The summed E-state index contributed by atoms with van der Waals surface area (Å²) in [5.74, 6) is 0. The van der Waals surface area contributed by atoms with Gasteiger partial charge in [0.05, 0.1) is 15.9 Å². The molecule has 0 radical (unpaired) electrons. The Morgan fingerprint density at radius 1 is 1.28 bits per heavy atom. The molecular weight excluding hydrogens is 238 g/mol. The average molecular weight is 251 g/mol. The van der Waals surface area contributed by atoms with Crippen LogP contribution in [0.5, 0.6) is 0 Å². The summed E-state index contributed by atoms with van der Waals surface area (Å²) in [6.45, 7) is 4.25. The summed E-state index contributed by atoms with van der Waals surface area (Å²) in [6.07, 6.45) is 1.87. The lowest BCUT2D eigenvalue weighted by atomic mass is 10.2. The lowest BCUT2D eigenvalue weighted by Crippen LogP contribution is -2.03. The van der Waals surface area contributed by atoms with Crippen LogP contribution in [0.4, 0.5) is 17.1 Å². The first-order valence-corrected chi connectivity index (χ1v) is 5.22. The molecule has 0 aliphatic rings. The van der Waals surface area contributed by atoms with E-state index < -0.39 is 9.85 Å². The van der Waals surface area contributed by atoms with Crippen molar-refractivity contribution in [1.29, 1.82) is 0 Å². The Morgan fingerprint density at radius 3 is 2.44 bits per heavy atom. The van der Waals surface area contributed by atoms with E-state index in [1.54, 1.807) is 0 Å². The van der Waals surface area contributed by atoms with E-state index in [1.165, 1.54) is 12.1 Å². The number of benzene rings is 1. The number of nitro benzene ring substituents is 2. The van der Waals surface area contributed by atoms with Crippen molar-refractivity contribution in [3.63, 3.8) is 0 Å². The number of anilines is 1. The summed E-state index contributed by atoms with van der Waals surface area (Å²) >= 11 is 0. The largest absolute Gasteiger partial charge is 0.376 e. The minimum atomic E-state index is -0.660. The topological polar surface area (TPSA) is 98.3 Å². The molecule has 0 saturated carbocycles. The zero-order valence-corrected chi connectivity index (χ0v) is 10.0. The van der Waals surface area contributed by atoms with Crippen LogP contribution in [-0.2, 0) is 0 Å². The molecule has 0 heterocycles. The van der Waals surface area contributed by atoms with Gasteiger partial charge >= 0.3 is 0 Å². The Balaban J connectivity index is 3.01. The van der Waals surface area contributed by atoms with Crippen molar-refractivity contribution in [2.75, 3.05) is 11.9 Å². The molecule has 0 aliphatic carbocycles. The molecule has 7 heteroatoms. The monoisotopic (exact) mass is 251 g/mol. The minimum absolute atomic E-state index is 0.267. The molecule has 0 atom stereocenters. The van der Waals surface area contributed by atoms with E-state index in [0.29, 0.717) is 6.54 Å². The van der Waals surface area contributed by atoms with E-state index in [0.717, 1.165) is 11.6 Å². The summed E-state index contributed by atoms with van der Waals surface area (Å²) < 4.78 is 0. The summed E-state index contributed by atoms with van der Waals surface area (Å²) in [5.41, 5.74) is 0.746. The van der Waals surface area contributed by atoms with Gasteiger partial charge in [0.1, 0.15) is 5.69 Å². The minimum Gasteiger partial charge on any atom is -0.376 e. The second-order valence-electron chi connectivity index (χ2n) is 3.88. The maximum atomic E-state index is 10.8. The predicted octanol–water partition coefficient (Wildman–Crippen LogP) is 2.88. The maximum Gasteiger partial charge on any atom is 0.299 e. The van der Waals surface area contributed by atoms with Crippen molar-refractivity contribution in [2.45, 2.75) is 13.8 Å². The average Bonchev–Trinajstić information content (AvgIpc) is 2.28. The Bertz CT molecular complexity index is 507. The normalized spacial score (nSPS) is 9.67. The van der Waals surface area contributed by atoms with Crippen molar-refractivity contribution in [3.05, 3.63) is 50.1 Å². The summed E-state index contributed by atoms with van der Waals surface area (Å²) in [4.78, 5) is 20.1. The quantitative estimate of drug-likeness (QED) is 0.492. The van der Waals surface area contributed by atoms with E-state index in [2.05, 4.69) is 5.32 Å². The van der Waals surface area contributed by atoms with E-state index in [9.17, 15) is 20.2 Å². The van der Waals surface area contributed by atoms with Gasteiger partial charge in [-0.1, -0.05) is 11.6 Å². The molecule has 1 aromatic rings. The van der Waals surface area contributed by atoms with Crippen LogP contribution in [0.25, 0.3) is 0 Å². The van der Waals surface area contributed by atoms with Crippen LogP contribution in [0, 0.1) is 20.2 Å². The van der Waals surface area contributed by atoms with E-state index in [-0.39, 0.29) is 17.1 Å². The van der Waals surface area contributed by atoms with Crippen LogP contribution in [0.2, 0.25) is 0 Å². The summed E-state index contributed by atoms with van der Waals surface area (Å²) in [6, 6.07) is 3.53. The Morgan fingerprint density at radius 2 is 1.94 bits per heavy atom. The highest BCUT2D eigenvalue weighted by Gasteiger charge is 2.18. The molecule has 0 unspecified atom stereocenters. The van der Waals surface area contributed by atoms with Crippen molar-refractivity contribution in [1.82, 2.24) is 0 Å². The fourth-order valence-electron chi connectivity index (χ4n) is 1.30. The van der Waals surface area contributed by atoms with E-state index >= 15 is 0 Å². The van der Waals surface area contributed by atoms with Gasteiger partial charge in [-0.3, -0.25) is 20.2 Å². The smallest absolute Gasteiger partial charge is 0.299 e. The number of nitrogens with one attached hydrogen (secondary N) is 1. The summed E-state index contributed by atoms with van der Waals surface area (Å²) in [7, 11) is 0. The number of hydrogen-bond acceptors (Lipinski definition) is 5. The third-order valence-electron chi connectivity index (χ3n) is 2.19. The van der Waals surface area contributed by atoms with Gasteiger partial charge in [-0.05, 0) is 19.9 Å². The van der Waals surface area contributed by atoms with Gasteiger partial charge in [0.15, 0.2) is 0 Å². The molecule has 0 spiro atoms. The molecule has 1 N–H and O–H groups in total. The van der Waals surface area contributed by atoms with Crippen LogP contribution >= 0.6 is 0 Å². The molecule has 0 amide bonds. The standard InChI is InChI=1S/C11H13N3O4/c1-8(2)5-6-12-10-4-3-9(13(15)16)7-11(10)14(17)18/h3-5,7,12H,6H2,1-2H3. The van der Waals surface area contributed by atoms with Crippen LogP contribution in [0.3, 0.4) is 0 Å². The maximum absolute atomic E-state index is 10.8. The first-order valence-electron chi connectivity index (χ1n) is 5.22. The van der Waals surface area contributed by atoms with Gasteiger partial charge in [0.2, 0.25) is 0 Å². The highest BCUT2D eigenvalue weighted by Crippen LogP contribution is 2.28.